The van der Waals surface area contributed by atoms with Gasteiger partial charge in [-0.1, -0.05) is 19.1 Å². The molecule has 0 aliphatic carbocycles. The normalized spacial score (nSPS) is 18.8. The van der Waals surface area contributed by atoms with E-state index < -0.39 is 24.1 Å². The molecule has 3 aromatic rings. The van der Waals surface area contributed by atoms with Gasteiger partial charge in [0.1, 0.15) is 30.1 Å². The summed E-state index contributed by atoms with van der Waals surface area (Å²) < 4.78 is 15.5. The number of nitrogens with one attached hydrogen (secondary N) is 1. The summed E-state index contributed by atoms with van der Waals surface area (Å²) in [7, 11) is 1.90. The summed E-state index contributed by atoms with van der Waals surface area (Å²) >= 11 is 0. The van der Waals surface area contributed by atoms with E-state index in [1.807, 2.05) is 29.8 Å². The molecule has 3 atom stereocenters. The second-order valence-corrected chi connectivity index (χ2v) is 8.27. The number of rotatable bonds is 6. The Hall–Kier alpha value is -3.66. The summed E-state index contributed by atoms with van der Waals surface area (Å²) in [5.74, 6) is 0.101. The lowest BCUT2D eigenvalue weighted by Crippen LogP contribution is -2.30. The first kappa shape index (κ1) is 22.5. The van der Waals surface area contributed by atoms with E-state index >= 15 is 0 Å². The summed E-state index contributed by atoms with van der Waals surface area (Å²) in [6.07, 6.45) is 1.06. The number of pyridine rings is 1. The monoisotopic (exact) mass is 452 g/mol. The maximum Gasteiger partial charge on any atom is 0.274 e. The molecule has 33 heavy (non-hydrogen) atoms. The quantitative estimate of drug-likeness (QED) is 0.591. The molecule has 10 heteroatoms. The standard InChI is InChI=1S/C23H25FN6O3/c1-14(8-21-28-26-13-29(21)2)15-4-3-5-17(9-15)27-22(32)19-10-16(6-7-25-19)23(33)30-11-18(24)20(31)12-30/h3-7,9-10,13-14,18,20,31H,8,11-12H2,1-2H3,(H,27,32). The van der Waals surface area contributed by atoms with Crippen LogP contribution in [0.15, 0.2) is 48.9 Å². The van der Waals surface area contributed by atoms with Crippen molar-refractivity contribution in [3.63, 3.8) is 0 Å². The number of amides is 2. The van der Waals surface area contributed by atoms with Crippen molar-refractivity contribution in [2.24, 2.45) is 7.05 Å². The van der Waals surface area contributed by atoms with Crippen LogP contribution in [0.5, 0.6) is 0 Å². The second-order valence-electron chi connectivity index (χ2n) is 8.27. The number of hydrogen-bond acceptors (Lipinski definition) is 6. The molecule has 2 N–H and O–H groups in total. The van der Waals surface area contributed by atoms with Gasteiger partial charge in [0.2, 0.25) is 0 Å². The summed E-state index contributed by atoms with van der Waals surface area (Å²) in [6, 6.07) is 10.3. The fraction of sp³-hybridized carbons (Fsp3) is 0.348. The van der Waals surface area contributed by atoms with Gasteiger partial charge in [-0.2, -0.15) is 0 Å². The van der Waals surface area contributed by atoms with Crippen LogP contribution in [-0.4, -0.2) is 66.9 Å². The molecule has 1 aromatic carbocycles. The van der Waals surface area contributed by atoms with Gasteiger partial charge in [0.25, 0.3) is 11.8 Å². The van der Waals surface area contributed by atoms with Crippen molar-refractivity contribution in [1.29, 1.82) is 0 Å². The van der Waals surface area contributed by atoms with Crippen LogP contribution in [0.25, 0.3) is 0 Å². The summed E-state index contributed by atoms with van der Waals surface area (Å²) in [6.45, 7) is 1.82. The van der Waals surface area contributed by atoms with E-state index in [2.05, 4.69) is 27.4 Å². The zero-order chi connectivity index (χ0) is 23.5. The maximum absolute atomic E-state index is 13.6. The third kappa shape index (κ3) is 5.06. The highest BCUT2D eigenvalue weighted by atomic mass is 19.1. The number of aryl methyl sites for hydroxylation is 1. The average Bonchev–Trinajstić information content (AvgIpc) is 3.37. The number of nitrogens with zero attached hydrogens (tertiary/aromatic N) is 5. The first-order chi connectivity index (χ1) is 15.8. The number of likely N-dealkylation sites (tertiary alicyclic amines) is 1. The smallest absolute Gasteiger partial charge is 0.274 e. The molecule has 3 unspecified atom stereocenters. The zero-order valence-electron chi connectivity index (χ0n) is 18.3. The van der Waals surface area contributed by atoms with E-state index in [-0.39, 0.29) is 30.3 Å². The van der Waals surface area contributed by atoms with Crippen molar-refractivity contribution in [2.75, 3.05) is 18.4 Å². The Balaban J connectivity index is 1.44. The fourth-order valence-corrected chi connectivity index (χ4v) is 3.78. The van der Waals surface area contributed by atoms with Crippen LogP contribution in [0.4, 0.5) is 10.1 Å². The molecule has 0 spiro atoms. The Bertz CT molecular complexity index is 1160. The average molecular weight is 452 g/mol. The molecule has 2 amide bonds. The van der Waals surface area contributed by atoms with Crippen LogP contribution in [0, 0.1) is 0 Å². The molecule has 1 aliphatic heterocycles. The summed E-state index contributed by atoms with van der Waals surface area (Å²) in [5, 5.41) is 20.4. The Kier molecular flexibility index (Phi) is 6.45. The van der Waals surface area contributed by atoms with Crippen LogP contribution in [0.2, 0.25) is 0 Å². The minimum Gasteiger partial charge on any atom is -0.388 e. The predicted molar refractivity (Wildman–Crippen MR) is 119 cm³/mol. The molecule has 0 radical (unpaired) electrons. The van der Waals surface area contributed by atoms with Crippen molar-refractivity contribution >= 4 is 17.5 Å². The molecule has 0 saturated carbocycles. The van der Waals surface area contributed by atoms with Crippen LogP contribution in [-0.2, 0) is 13.5 Å². The molecule has 1 aliphatic rings. The van der Waals surface area contributed by atoms with Crippen LogP contribution in [0.3, 0.4) is 0 Å². The maximum atomic E-state index is 13.6. The molecular formula is C23H25FN6O3. The number of carbonyl (C=O) groups excluding carboxylic acids is 2. The number of aromatic nitrogens is 4. The van der Waals surface area contributed by atoms with Gasteiger partial charge in [-0.15, -0.1) is 10.2 Å². The number of alkyl halides is 1. The van der Waals surface area contributed by atoms with E-state index in [1.54, 1.807) is 12.4 Å². The minimum absolute atomic E-state index is 0.0648. The van der Waals surface area contributed by atoms with Crippen LogP contribution >= 0.6 is 0 Å². The van der Waals surface area contributed by atoms with Crippen molar-refractivity contribution < 1.29 is 19.1 Å². The van der Waals surface area contributed by atoms with Crippen molar-refractivity contribution in [3.8, 4) is 0 Å². The van der Waals surface area contributed by atoms with Crippen molar-refractivity contribution in [2.45, 2.75) is 31.5 Å². The number of anilines is 1. The summed E-state index contributed by atoms with van der Waals surface area (Å²) in [4.78, 5) is 30.7. The minimum atomic E-state index is -1.47. The van der Waals surface area contributed by atoms with Crippen LogP contribution < -0.4 is 5.32 Å². The van der Waals surface area contributed by atoms with E-state index in [0.29, 0.717) is 12.1 Å². The number of hydrogen-bond donors (Lipinski definition) is 2. The zero-order valence-corrected chi connectivity index (χ0v) is 18.3. The highest BCUT2D eigenvalue weighted by molar-refractivity contribution is 6.04. The lowest BCUT2D eigenvalue weighted by Gasteiger charge is -2.15. The lowest BCUT2D eigenvalue weighted by molar-refractivity contribution is 0.0764. The van der Waals surface area contributed by atoms with Crippen molar-refractivity contribution in [1.82, 2.24) is 24.6 Å². The lowest BCUT2D eigenvalue weighted by atomic mass is 9.97. The number of aliphatic hydroxyl groups excluding tert-OH is 1. The molecule has 1 fully saturated rings. The highest BCUT2D eigenvalue weighted by Crippen LogP contribution is 2.23. The van der Waals surface area contributed by atoms with Gasteiger partial charge < -0.3 is 19.9 Å². The third-order valence-electron chi connectivity index (χ3n) is 5.75. The molecule has 4 rings (SSSR count). The second kappa shape index (κ2) is 9.45. The number of halogens is 1. The highest BCUT2D eigenvalue weighted by Gasteiger charge is 2.34. The number of β-amino-alcohol motifs (C(OH)–C–C–N with tert-alkyl or cyclic N) is 1. The van der Waals surface area contributed by atoms with Gasteiger partial charge in [0, 0.05) is 37.5 Å². The molecule has 172 valence electrons. The Morgan fingerprint density at radius 3 is 2.79 bits per heavy atom. The molecule has 9 nitrogen and oxygen atoms in total. The third-order valence-corrected chi connectivity index (χ3v) is 5.75. The molecular weight excluding hydrogens is 427 g/mol. The van der Waals surface area contributed by atoms with Gasteiger partial charge in [-0.05, 0) is 35.7 Å². The van der Waals surface area contributed by atoms with E-state index in [0.717, 1.165) is 11.4 Å². The Morgan fingerprint density at radius 2 is 2.09 bits per heavy atom. The van der Waals surface area contributed by atoms with Gasteiger partial charge in [-0.3, -0.25) is 14.6 Å². The Labute approximate surface area is 190 Å². The number of benzene rings is 1. The molecule has 2 aromatic heterocycles. The van der Waals surface area contributed by atoms with Crippen LogP contribution in [0.1, 0.15) is 45.1 Å². The van der Waals surface area contributed by atoms with Gasteiger partial charge in [0.15, 0.2) is 0 Å². The van der Waals surface area contributed by atoms with Gasteiger partial charge in [0.05, 0.1) is 6.54 Å². The molecule has 3 heterocycles. The first-order valence-electron chi connectivity index (χ1n) is 10.6. The topological polar surface area (TPSA) is 113 Å². The molecule has 1 saturated heterocycles. The SMILES string of the molecule is CC(Cc1nncn1C)c1cccc(NC(=O)c2cc(C(=O)N3CC(O)C(F)C3)ccn2)c1. The van der Waals surface area contributed by atoms with E-state index in [4.69, 9.17) is 0 Å². The Morgan fingerprint density at radius 1 is 1.27 bits per heavy atom. The largest absolute Gasteiger partial charge is 0.388 e. The number of carbonyl (C=O) groups is 2. The summed E-state index contributed by atoms with van der Waals surface area (Å²) in [5.41, 5.74) is 1.90. The van der Waals surface area contributed by atoms with E-state index in [1.165, 1.54) is 23.2 Å². The molecule has 0 bridgehead atoms. The van der Waals surface area contributed by atoms with Crippen molar-refractivity contribution in [3.05, 3.63) is 71.6 Å². The van der Waals surface area contributed by atoms with Gasteiger partial charge in [-0.25, -0.2) is 4.39 Å². The predicted octanol–water partition coefficient (Wildman–Crippen LogP) is 1.96. The first-order valence-corrected chi connectivity index (χ1v) is 10.6. The number of aliphatic hydroxyl groups is 1. The van der Waals surface area contributed by atoms with Gasteiger partial charge >= 0.3 is 0 Å². The fourth-order valence-electron chi connectivity index (χ4n) is 3.78. The van der Waals surface area contributed by atoms with E-state index in [9.17, 15) is 19.1 Å².